The molecular weight excluding hydrogens is 404 g/mol. The van der Waals surface area contributed by atoms with Crippen LogP contribution in [0.2, 0.25) is 0 Å². The van der Waals surface area contributed by atoms with E-state index in [4.69, 9.17) is 5.73 Å². The van der Waals surface area contributed by atoms with Crippen molar-refractivity contribution in [1.82, 2.24) is 14.9 Å². The summed E-state index contributed by atoms with van der Waals surface area (Å²) in [6.07, 6.45) is 0.136. The SMILES string of the molecule is Nc1cc(OC(F)(F)F)ccc1C(=O)N1CC=C(c2c(F)cnc3[nH]ccc23)CC1. The minimum atomic E-state index is -4.85. The molecule has 4 rings (SSSR count). The van der Waals surface area contributed by atoms with Crippen molar-refractivity contribution in [3.8, 4) is 5.75 Å². The van der Waals surface area contributed by atoms with E-state index >= 15 is 0 Å². The van der Waals surface area contributed by atoms with Crippen LogP contribution < -0.4 is 10.5 Å². The number of ether oxygens (including phenoxy) is 1. The molecule has 6 nitrogen and oxygen atoms in total. The minimum absolute atomic E-state index is 0.0736. The molecule has 156 valence electrons. The van der Waals surface area contributed by atoms with Gasteiger partial charge in [0.1, 0.15) is 17.2 Å². The van der Waals surface area contributed by atoms with E-state index in [1.165, 1.54) is 11.0 Å². The summed E-state index contributed by atoms with van der Waals surface area (Å²) in [5, 5.41) is 0.658. The van der Waals surface area contributed by atoms with Crippen LogP contribution in [-0.2, 0) is 0 Å². The molecule has 1 aliphatic heterocycles. The molecule has 0 bridgehead atoms. The van der Waals surface area contributed by atoms with Crippen molar-refractivity contribution in [1.29, 1.82) is 0 Å². The molecule has 3 aromatic rings. The van der Waals surface area contributed by atoms with E-state index < -0.39 is 23.8 Å². The highest BCUT2D eigenvalue weighted by atomic mass is 19.4. The van der Waals surface area contributed by atoms with E-state index in [1.54, 1.807) is 18.3 Å². The first-order chi connectivity index (χ1) is 14.2. The summed E-state index contributed by atoms with van der Waals surface area (Å²) in [4.78, 5) is 21.2. The van der Waals surface area contributed by atoms with Gasteiger partial charge in [-0.2, -0.15) is 0 Å². The number of fused-ring (bicyclic) bond motifs is 1. The van der Waals surface area contributed by atoms with Gasteiger partial charge in [0.05, 0.1) is 11.8 Å². The van der Waals surface area contributed by atoms with Crippen LogP contribution in [0.25, 0.3) is 16.6 Å². The smallest absolute Gasteiger partial charge is 0.406 e. The molecule has 10 heteroatoms. The van der Waals surface area contributed by atoms with E-state index in [-0.39, 0.29) is 17.8 Å². The number of alkyl halides is 3. The molecule has 1 amide bonds. The zero-order valence-electron chi connectivity index (χ0n) is 15.5. The third-order valence-electron chi connectivity index (χ3n) is 4.84. The number of rotatable bonds is 3. The van der Waals surface area contributed by atoms with Gasteiger partial charge < -0.3 is 20.4 Å². The number of nitrogens with two attached hydrogens (primary N) is 1. The highest BCUT2D eigenvalue weighted by Crippen LogP contribution is 2.32. The molecule has 2 aromatic heterocycles. The van der Waals surface area contributed by atoms with Crippen molar-refractivity contribution in [3.05, 3.63) is 59.7 Å². The Morgan fingerprint density at radius 2 is 2.07 bits per heavy atom. The first-order valence-electron chi connectivity index (χ1n) is 8.98. The average Bonchev–Trinajstić information content (AvgIpc) is 3.15. The number of hydrogen-bond donors (Lipinski definition) is 2. The molecule has 0 spiro atoms. The third-order valence-corrected chi connectivity index (χ3v) is 4.84. The van der Waals surface area contributed by atoms with Crippen molar-refractivity contribution >= 4 is 28.2 Å². The predicted molar refractivity (Wildman–Crippen MR) is 102 cm³/mol. The number of aromatic amines is 1. The number of benzene rings is 1. The number of amides is 1. The van der Waals surface area contributed by atoms with Crippen LogP contribution in [0.15, 0.2) is 42.7 Å². The summed E-state index contributed by atoms with van der Waals surface area (Å²) in [7, 11) is 0. The fourth-order valence-corrected chi connectivity index (χ4v) is 3.49. The van der Waals surface area contributed by atoms with Gasteiger partial charge in [-0.05, 0) is 30.2 Å². The van der Waals surface area contributed by atoms with Crippen molar-refractivity contribution < 1.29 is 27.1 Å². The molecule has 0 saturated carbocycles. The van der Waals surface area contributed by atoms with Gasteiger partial charge >= 0.3 is 6.36 Å². The summed E-state index contributed by atoms with van der Waals surface area (Å²) in [6.45, 7) is 0.515. The lowest BCUT2D eigenvalue weighted by atomic mass is 9.97. The van der Waals surface area contributed by atoms with Gasteiger partial charge in [0.25, 0.3) is 5.91 Å². The lowest BCUT2D eigenvalue weighted by Gasteiger charge is -2.27. The standard InChI is InChI=1S/C20H16F4N4O2/c21-15-10-27-18-14(3-6-26-18)17(15)11-4-7-28(8-5-11)19(29)13-2-1-12(9-16(13)25)30-20(22,23)24/h1-4,6,9-10H,5,7-8,25H2,(H,26,27). The maximum atomic E-state index is 14.4. The Morgan fingerprint density at radius 1 is 1.27 bits per heavy atom. The van der Waals surface area contributed by atoms with E-state index in [0.717, 1.165) is 23.9 Å². The van der Waals surface area contributed by atoms with Gasteiger partial charge in [-0.25, -0.2) is 9.37 Å². The fraction of sp³-hybridized carbons (Fsp3) is 0.200. The third kappa shape index (κ3) is 3.80. The van der Waals surface area contributed by atoms with E-state index in [2.05, 4.69) is 14.7 Å². The maximum Gasteiger partial charge on any atom is 0.573 e. The second-order valence-corrected chi connectivity index (χ2v) is 6.75. The van der Waals surface area contributed by atoms with Gasteiger partial charge in [0.15, 0.2) is 0 Å². The minimum Gasteiger partial charge on any atom is -0.406 e. The second-order valence-electron chi connectivity index (χ2n) is 6.75. The zero-order chi connectivity index (χ0) is 21.5. The number of pyridine rings is 1. The van der Waals surface area contributed by atoms with Crippen molar-refractivity contribution in [2.75, 3.05) is 18.8 Å². The van der Waals surface area contributed by atoms with Gasteiger partial charge in [0.2, 0.25) is 0 Å². The van der Waals surface area contributed by atoms with Crippen LogP contribution in [-0.4, -0.2) is 40.2 Å². The van der Waals surface area contributed by atoms with Crippen molar-refractivity contribution in [2.45, 2.75) is 12.8 Å². The normalized spacial score (nSPS) is 14.7. The molecule has 0 unspecified atom stereocenters. The second kappa shape index (κ2) is 7.36. The molecule has 30 heavy (non-hydrogen) atoms. The Kier molecular flexibility index (Phi) is 4.84. The summed E-state index contributed by atoms with van der Waals surface area (Å²) in [6, 6.07) is 4.94. The number of aromatic nitrogens is 2. The Hall–Kier alpha value is -3.56. The molecule has 0 atom stereocenters. The summed E-state index contributed by atoms with van der Waals surface area (Å²) >= 11 is 0. The molecule has 3 N–H and O–H groups in total. The zero-order valence-corrected chi connectivity index (χ0v) is 15.5. The summed E-state index contributed by atoms with van der Waals surface area (Å²) in [5.74, 6) is -1.37. The molecule has 0 saturated heterocycles. The molecule has 0 fully saturated rings. The number of nitrogens with zero attached hydrogens (tertiary/aromatic N) is 2. The number of nitrogen functional groups attached to an aromatic ring is 1. The van der Waals surface area contributed by atoms with Crippen LogP contribution in [0, 0.1) is 5.82 Å². The van der Waals surface area contributed by atoms with Crippen LogP contribution in [0.5, 0.6) is 5.75 Å². The largest absolute Gasteiger partial charge is 0.573 e. The Morgan fingerprint density at radius 3 is 2.73 bits per heavy atom. The number of H-pyrrole nitrogens is 1. The predicted octanol–water partition coefficient (Wildman–Crippen LogP) is 4.11. The Balaban J connectivity index is 1.54. The first-order valence-corrected chi connectivity index (χ1v) is 8.98. The molecule has 0 aliphatic carbocycles. The van der Waals surface area contributed by atoms with E-state index in [1.807, 2.05) is 0 Å². The Bertz CT molecular complexity index is 1150. The molecule has 1 aromatic carbocycles. The van der Waals surface area contributed by atoms with Gasteiger partial charge in [0, 0.05) is 42.0 Å². The van der Waals surface area contributed by atoms with E-state index in [0.29, 0.717) is 29.6 Å². The van der Waals surface area contributed by atoms with Crippen LogP contribution >= 0.6 is 0 Å². The number of carbonyl (C=O) groups excluding carboxylic acids is 1. The molecule has 1 aliphatic rings. The molecular formula is C20H16F4N4O2. The van der Waals surface area contributed by atoms with Crippen LogP contribution in [0.3, 0.4) is 0 Å². The maximum absolute atomic E-state index is 14.4. The molecule has 3 heterocycles. The lowest BCUT2D eigenvalue weighted by molar-refractivity contribution is -0.274. The number of carbonyl (C=O) groups is 1. The number of halogens is 4. The summed E-state index contributed by atoms with van der Waals surface area (Å²) < 4.78 is 55.2. The number of nitrogens with one attached hydrogen (secondary N) is 1. The average molecular weight is 420 g/mol. The van der Waals surface area contributed by atoms with Crippen LogP contribution in [0.4, 0.5) is 23.2 Å². The lowest BCUT2D eigenvalue weighted by Crippen LogP contribution is -2.35. The van der Waals surface area contributed by atoms with Gasteiger partial charge in [-0.15, -0.1) is 13.2 Å². The topological polar surface area (TPSA) is 84.2 Å². The van der Waals surface area contributed by atoms with Crippen LogP contribution in [0.1, 0.15) is 22.3 Å². The number of hydrogen-bond acceptors (Lipinski definition) is 4. The van der Waals surface area contributed by atoms with Gasteiger partial charge in [-0.3, -0.25) is 4.79 Å². The van der Waals surface area contributed by atoms with Crippen molar-refractivity contribution in [2.24, 2.45) is 0 Å². The highest BCUT2D eigenvalue weighted by molar-refractivity contribution is 6.00. The molecule has 0 radical (unpaired) electrons. The van der Waals surface area contributed by atoms with Gasteiger partial charge in [-0.1, -0.05) is 6.08 Å². The monoisotopic (exact) mass is 420 g/mol. The summed E-state index contributed by atoms with van der Waals surface area (Å²) in [5.41, 5.74) is 7.49. The fourth-order valence-electron chi connectivity index (χ4n) is 3.49. The van der Waals surface area contributed by atoms with Crippen molar-refractivity contribution in [3.63, 3.8) is 0 Å². The first kappa shape index (κ1) is 19.7. The Labute approximate surface area is 167 Å². The highest BCUT2D eigenvalue weighted by Gasteiger charge is 2.31. The quantitative estimate of drug-likeness (QED) is 0.493. The van der Waals surface area contributed by atoms with E-state index in [9.17, 15) is 22.4 Å². The number of anilines is 1.